The second-order valence-corrected chi connectivity index (χ2v) is 8.13. The Bertz CT molecular complexity index is 859. The molecule has 3 aromatic rings. The minimum Gasteiger partial charge on any atom is -0.379 e. The fourth-order valence-corrected chi connectivity index (χ4v) is 4.82. The number of ether oxygens (including phenoxy) is 1. The Morgan fingerprint density at radius 1 is 1.15 bits per heavy atom. The van der Waals surface area contributed by atoms with Crippen LogP contribution in [0.25, 0.3) is 10.6 Å². The lowest BCUT2D eigenvalue weighted by Gasteiger charge is -2.34. The Kier molecular flexibility index (Phi) is 5.94. The topological polar surface area (TPSA) is 54.5 Å². The molecule has 5 nitrogen and oxygen atoms in total. The molecule has 1 aliphatic heterocycles. The maximum atomic E-state index is 12.6. The van der Waals surface area contributed by atoms with E-state index in [0.29, 0.717) is 12.2 Å². The van der Waals surface area contributed by atoms with Crippen molar-refractivity contribution < 1.29 is 9.53 Å². The first-order valence-corrected chi connectivity index (χ1v) is 10.7. The van der Waals surface area contributed by atoms with Crippen LogP contribution in [0.15, 0.2) is 53.2 Å². The monoisotopic (exact) mass is 399 g/mol. The molecule has 1 N–H and O–H groups in total. The van der Waals surface area contributed by atoms with Gasteiger partial charge in [-0.05, 0) is 11.4 Å². The van der Waals surface area contributed by atoms with Crippen molar-refractivity contribution in [3.05, 3.63) is 63.8 Å². The predicted molar refractivity (Wildman–Crippen MR) is 109 cm³/mol. The number of thiazole rings is 1. The summed E-state index contributed by atoms with van der Waals surface area (Å²) in [7, 11) is 0. The number of rotatable bonds is 6. The number of hydrogen-bond acceptors (Lipinski definition) is 6. The summed E-state index contributed by atoms with van der Waals surface area (Å²) in [5.41, 5.74) is 1.51. The van der Waals surface area contributed by atoms with Crippen LogP contribution in [0.2, 0.25) is 0 Å². The van der Waals surface area contributed by atoms with E-state index in [9.17, 15) is 4.79 Å². The summed E-state index contributed by atoms with van der Waals surface area (Å²) in [5.74, 6) is -0.122. The van der Waals surface area contributed by atoms with Crippen LogP contribution < -0.4 is 5.32 Å². The molecular formula is C20H21N3O2S2. The number of nitrogens with one attached hydrogen (secondary N) is 1. The van der Waals surface area contributed by atoms with Crippen LogP contribution in [0.1, 0.15) is 21.4 Å². The van der Waals surface area contributed by atoms with Crippen molar-refractivity contribution in [1.82, 2.24) is 15.2 Å². The van der Waals surface area contributed by atoms with Crippen molar-refractivity contribution in [2.24, 2.45) is 0 Å². The number of thiophene rings is 1. The fraction of sp³-hybridized carbons (Fsp3) is 0.300. The quantitative estimate of drug-likeness (QED) is 0.687. The summed E-state index contributed by atoms with van der Waals surface area (Å²) in [6.07, 6.45) is 0. The van der Waals surface area contributed by atoms with Crippen molar-refractivity contribution >= 4 is 28.6 Å². The van der Waals surface area contributed by atoms with Crippen molar-refractivity contribution in [3.8, 4) is 10.6 Å². The highest BCUT2D eigenvalue weighted by Gasteiger charge is 2.24. The van der Waals surface area contributed by atoms with Crippen molar-refractivity contribution in [2.75, 3.05) is 32.8 Å². The van der Waals surface area contributed by atoms with Crippen molar-refractivity contribution in [2.45, 2.75) is 6.04 Å². The molecule has 27 heavy (non-hydrogen) atoms. The van der Waals surface area contributed by atoms with E-state index < -0.39 is 0 Å². The molecule has 0 aliphatic carbocycles. The molecule has 0 spiro atoms. The molecule has 2 aromatic heterocycles. The molecule has 4 rings (SSSR count). The Balaban J connectivity index is 1.43. The molecule has 1 saturated heterocycles. The first-order valence-electron chi connectivity index (χ1n) is 8.95. The van der Waals surface area contributed by atoms with Gasteiger partial charge in [0.2, 0.25) is 0 Å². The molecular weight excluding hydrogens is 378 g/mol. The smallest absolute Gasteiger partial charge is 0.270 e. The molecule has 1 aliphatic rings. The van der Waals surface area contributed by atoms with E-state index in [1.54, 1.807) is 11.3 Å². The third-order valence-electron chi connectivity index (χ3n) is 4.57. The molecule has 1 fully saturated rings. The Hall–Kier alpha value is -2.06. The predicted octanol–water partition coefficient (Wildman–Crippen LogP) is 3.67. The number of carbonyl (C=O) groups is 1. The van der Waals surface area contributed by atoms with Gasteiger partial charge in [0.1, 0.15) is 10.7 Å². The van der Waals surface area contributed by atoms with Gasteiger partial charge in [0, 0.05) is 35.5 Å². The SMILES string of the molecule is O=C(NC[C@H](c1cccs1)N1CCOCC1)c1csc(-c2ccccc2)n1. The second-order valence-electron chi connectivity index (χ2n) is 6.29. The summed E-state index contributed by atoms with van der Waals surface area (Å²) < 4.78 is 5.47. The van der Waals surface area contributed by atoms with E-state index in [4.69, 9.17) is 4.74 Å². The van der Waals surface area contributed by atoms with Gasteiger partial charge in [-0.2, -0.15) is 0 Å². The van der Waals surface area contributed by atoms with Gasteiger partial charge >= 0.3 is 0 Å². The Morgan fingerprint density at radius 3 is 2.70 bits per heavy atom. The number of morpholine rings is 1. The van der Waals surface area contributed by atoms with Gasteiger partial charge in [0.25, 0.3) is 5.91 Å². The number of hydrogen-bond donors (Lipinski definition) is 1. The van der Waals surface area contributed by atoms with Crippen LogP contribution in [0.4, 0.5) is 0 Å². The normalized spacial score (nSPS) is 16.1. The van der Waals surface area contributed by atoms with Gasteiger partial charge in [0.05, 0.1) is 19.3 Å². The summed E-state index contributed by atoms with van der Waals surface area (Å²) >= 11 is 3.22. The first-order chi connectivity index (χ1) is 13.3. The average molecular weight is 400 g/mol. The van der Waals surface area contributed by atoms with E-state index in [-0.39, 0.29) is 11.9 Å². The molecule has 0 saturated carbocycles. The lowest BCUT2D eigenvalue weighted by atomic mass is 10.2. The number of nitrogens with zero attached hydrogens (tertiary/aromatic N) is 2. The number of benzene rings is 1. The minimum atomic E-state index is -0.122. The highest BCUT2D eigenvalue weighted by atomic mass is 32.1. The third-order valence-corrected chi connectivity index (χ3v) is 6.44. The van der Waals surface area contributed by atoms with Gasteiger partial charge in [-0.25, -0.2) is 4.98 Å². The highest BCUT2D eigenvalue weighted by molar-refractivity contribution is 7.13. The lowest BCUT2D eigenvalue weighted by Crippen LogP contribution is -2.43. The maximum absolute atomic E-state index is 12.6. The minimum absolute atomic E-state index is 0.122. The average Bonchev–Trinajstić information content (AvgIpc) is 3.42. The van der Waals surface area contributed by atoms with Crippen LogP contribution in [0.3, 0.4) is 0 Å². The number of amides is 1. The molecule has 0 unspecified atom stereocenters. The Morgan fingerprint density at radius 2 is 1.96 bits per heavy atom. The number of aromatic nitrogens is 1. The molecule has 140 valence electrons. The molecule has 7 heteroatoms. The van der Waals surface area contributed by atoms with Crippen LogP contribution >= 0.6 is 22.7 Å². The Labute approximate surface area is 166 Å². The maximum Gasteiger partial charge on any atom is 0.270 e. The van der Waals surface area contributed by atoms with E-state index in [2.05, 4.69) is 32.7 Å². The molecule has 0 bridgehead atoms. The van der Waals surface area contributed by atoms with Gasteiger partial charge in [0.15, 0.2) is 0 Å². The van der Waals surface area contributed by atoms with Gasteiger partial charge in [-0.3, -0.25) is 9.69 Å². The largest absolute Gasteiger partial charge is 0.379 e. The summed E-state index contributed by atoms with van der Waals surface area (Å²) in [4.78, 5) is 20.8. The van der Waals surface area contributed by atoms with E-state index >= 15 is 0 Å². The highest BCUT2D eigenvalue weighted by Crippen LogP contribution is 2.26. The van der Waals surface area contributed by atoms with Gasteiger partial charge in [-0.15, -0.1) is 22.7 Å². The van der Waals surface area contributed by atoms with Crippen LogP contribution in [0.5, 0.6) is 0 Å². The molecule has 1 aromatic carbocycles. The van der Waals surface area contributed by atoms with Crippen molar-refractivity contribution in [1.29, 1.82) is 0 Å². The molecule has 3 heterocycles. The van der Waals surface area contributed by atoms with E-state index in [1.807, 2.05) is 35.7 Å². The second kappa shape index (κ2) is 8.75. The van der Waals surface area contributed by atoms with Crippen molar-refractivity contribution in [3.63, 3.8) is 0 Å². The lowest BCUT2D eigenvalue weighted by molar-refractivity contribution is 0.0169. The molecule has 1 atom stereocenters. The van der Waals surface area contributed by atoms with E-state index in [0.717, 1.165) is 36.9 Å². The zero-order chi connectivity index (χ0) is 18.5. The zero-order valence-electron chi connectivity index (χ0n) is 14.8. The summed E-state index contributed by atoms with van der Waals surface area (Å²) in [6, 6.07) is 14.3. The summed E-state index contributed by atoms with van der Waals surface area (Å²) in [6.45, 7) is 3.81. The first kappa shape index (κ1) is 18.3. The van der Waals surface area contributed by atoms with E-state index in [1.165, 1.54) is 16.2 Å². The number of carbonyl (C=O) groups excluding carboxylic acids is 1. The summed E-state index contributed by atoms with van der Waals surface area (Å²) in [5, 5.41) is 7.85. The van der Waals surface area contributed by atoms with Gasteiger partial charge < -0.3 is 10.1 Å². The molecule has 0 radical (unpaired) electrons. The third kappa shape index (κ3) is 4.44. The zero-order valence-corrected chi connectivity index (χ0v) is 16.5. The fourth-order valence-electron chi connectivity index (χ4n) is 3.15. The standard InChI is InChI=1S/C20H21N3O2S2/c24-19(16-14-27-20(22-16)15-5-2-1-3-6-15)21-13-17(18-7-4-12-26-18)23-8-10-25-11-9-23/h1-7,12,14,17H,8-11,13H2,(H,21,24)/t17-/m1/s1. The van der Waals surface area contributed by atoms with Crippen LogP contribution in [-0.4, -0.2) is 48.6 Å². The molecule has 1 amide bonds. The van der Waals surface area contributed by atoms with Gasteiger partial charge in [-0.1, -0.05) is 36.4 Å². The van der Waals surface area contributed by atoms with Crippen LogP contribution in [-0.2, 0) is 4.74 Å². The van der Waals surface area contributed by atoms with Crippen LogP contribution in [0, 0.1) is 0 Å².